The van der Waals surface area contributed by atoms with Gasteiger partial charge in [0, 0.05) is 13.6 Å². The molecule has 0 fully saturated rings. The van der Waals surface area contributed by atoms with Crippen molar-refractivity contribution in [2.24, 2.45) is 4.36 Å². The second-order valence-corrected chi connectivity index (χ2v) is 7.36. The highest BCUT2D eigenvalue weighted by Gasteiger charge is 2.29. The van der Waals surface area contributed by atoms with E-state index in [0.717, 1.165) is 30.6 Å². The topological polar surface area (TPSA) is 105 Å². The number of nitrogens with one attached hydrogen (secondary N) is 1. The summed E-state index contributed by atoms with van der Waals surface area (Å²) in [6.45, 7) is 2.16. The number of carbonyl (C=O) groups is 2. The molecule has 0 heterocycles. The van der Waals surface area contributed by atoms with E-state index in [2.05, 4.69) is 16.6 Å². The molecule has 1 atom stereocenters. The number of methoxy groups -OCH3 is 1. The van der Waals surface area contributed by atoms with Gasteiger partial charge in [-0.05, 0) is 24.1 Å². The second kappa shape index (κ2) is 13.7. The summed E-state index contributed by atoms with van der Waals surface area (Å²) in [5.41, 5.74) is 0.571. The normalized spacial score (nSPS) is 11.4. The lowest BCUT2D eigenvalue weighted by Crippen LogP contribution is -2.45. The summed E-state index contributed by atoms with van der Waals surface area (Å²) in [6, 6.07) is 6.21. The summed E-state index contributed by atoms with van der Waals surface area (Å²) in [6.07, 6.45) is 6.12. The van der Waals surface area contributed by atoms with E-state index >= 15 is 0 Å². The van der Waals surface area contributed by atoms with Crippen LogP contribution >= 0.6 is 0 Å². The number of ether oxygens (including phenoxy) is 1. The molecule has 0 aliphatic carbocycles. The van der Waals surface area contributed by atoms with Crippen molar-refractivity contribution >= 4 is 22.4 Å². The van der Waals surface area contributed by atoms with Gasteiger partial charge in [-0.2, -0.15) is 12.8 Å². The Morgan fingerprint density at radius 2 is 1.72 bits per heavy atom. The van der Waals surface area contributed by atoms with Crippen LogP contribution in [0.1, 0.15) is 56.9 Å². The van der Waals surface area contributed by atoms with Crippen molar-refractivity contribution in [1.82, 2.24) is 10.2 Å². The fourth-order valence-electron chi connectivity index (χ4n) is 2.98. The Labute approximate surface area is 174 Å². The Balaban J connectivity index is 2.99. The predicted molar refractivity (Wildman–Crippen MR) is 111 cm³/mol. The first-order valence-electron chi connectivity index (χ1n) is 9.88. The summed E-state index contributed by atoms with van der Waals surface area (Å²) in [4.78, 5) is 26.6. The molecule has 0 aliphatic heterocycles. The lowest BCUT2D eigenvalue weighted by atomic mass is 9.97. The van der Waals surface area contributed by atoms with Crippen molar-refractivity contribution in [3.05, 3.63) is 29.8 Å². The van der Waals surface area contributed by atoms with Crippen LogP contribution in [-0.4, -0.2) is 52.5 Å². The van der Waals surface area contributed by atoms with Gasteiger partial charge in [-0.3, -0.25) is 9.69 Å². The van der Waals surface area contributed by atoms with Crippen LogP contribution in [0.5, 0.6) is 5.75 Å². The zero-order valence-corrected chi connectivity index (χ0v) is 18.2. The van der Waals surface area contributed by atoms with E-state index in [0.29, 0.717) is 17.7 Å². The number of benzene rings is 1. The van der Waals surface area contributed by atoms with Crippen molar-refractivity contribution in [3.63, 3.8) is 0 Å². The summed E-state index contributed by atoms with van der Waals surface area (Å²) >= 11 is 0. The van der Waals surface area contributed by atoms with Crippen LogP contribution < -0.4 is 10.1 Å². The van der Waals surface area contributed by atoms with E-state index in [1.54, 1.807) is 24.3 Å². The SMILES string of the molecule is CCCCCCCCN(C(=O)NC)C(=O)C(CN=S(=O)=O)c1ccc(OC)cc1. The van der Waals surface area contributed by atoms with Crippen LogP contribution in [0.3, 0.4) is 0 Å². The van der Waals surface area contributed by atoms with Crippen LogP contribution in [0.2, 0.25) is 0 Å². The number of unbranched alkanes of at least 4 members (excludes halogenated alkanes) is 5. The van der Waals surface area contributed by atoms with Crippen molar-refractivity contribution in [3.8, 4) is 5.75 Å². The molecule has 0 aromatic heterocycles. The Morgan fingerprint density at radius 1 is 1.10 bits per heavy atom. The molecule has 8 nitrogen and oxygen atoms in total. The second-order valence-electron chi connectivity index (χ2n) is 6.67. The fourth-order valence-corrected chi connectivity index (χ4v) is 3.25. The van der Waals surface area contributed by atoms with Crippen molar-refractivity contribution < 1.29 is 22.7 Å². The number of hydrogen-bond donors (Lipinski definition) is 1. The van der Waals surface area contributed by atoms with E-state index in [1.165, 1.54) is 20.6 Å². The van der Waals surface area contributed by atoms with Crippen LogP contribution in [0, 0.1) is 0 Å². The van der Waals surface area contributed by atoms with E-state index in [-0.39, 0.29) is 13.1 Å². The Morgan fingerprint density at radius 3 is 2.28 bits per heavy atom. The minimum atomic E-state index is -2.64. The van der Waals surface area contributed by atoms with Gasteiger partial charge in [0.2, 0.25) is 5.91 Å². The molecule has 1 unspecified atom stereocenters. The van der Waals surface area contributed by atoms with E-state index in [9.17, 15) is 18.0 Å². The van der Waals surface area contributed by atoms with Gasteiger partial charge in [0.1, 0.15) is 5.75 Å². The third-order valence-electron chi connectivity index (χ3n) is 4.64. The highest BCUT2D eigenvalue weighted by atomic mass is 32.2. The molecule has 162 valence electrons. The summed E-state index contributed by atoms with van der Waals surface area (Å²) in [5, 5.41) is 2.49. The number of amides is 3. The fraction of sp³-hybridized carbons (Fsp3) is 0.600. The first-order chi connectivity index (χ1) is 13.9. The smallest absolute Gasteiger partial charge is 0.323 e. The number of urea groups is 1. The van der Waals surface area contributed by atoms with Crippen LogP contribution in [0.25, 0.3) is 0 Å². The summed E-state index contributed by atoms with van der Waals surface area (Å²) < 4.78 is 30.4. The van der Waals surface area contributed by atoms with Crippen LogP contribution in [0.15, 0.2) is 28.6 Å². The number of nitrogens with zero attached hydrogens (tertiary/aromatic N) is 2. The monoisotopic (exact) mass is 425 g/mol. The number of hydrogen-bond acceptors (Lipinski definition) is 6. The Hall–Kier alpha value is -2.42. The molecule has 0 aliphatic rings. The van der Waals surface area contributed by atoms with Gasteiger partial charge in [-0.15, -0.1) is 0 Å². The largest absolute Gasteiger partial charge is 0.497 e. The zero-order valence-electron chi connectivity index (χ0n) is 17.4. The number of carbonyl (C=O) groups excluding carboxylic acids is 2. The average Bonchev–Trinajstić information content (AvgIpc) is 2.73. The Kier molecular flexibility index (Phi) is 11.6. The molecule has 1 aromatic carbocycles. The average molecular weight is 426 g/mol. The van der Waals surface area contributed by atoms with E-state index < -0.39 is 28.4 Å². The third-order valence-corrected chi connectivity index (χ3v) is 5.00. The van der Waals surface area contributed by atoms with Crippen LogP contribution in [-0.2, 0) is 15.3 Å². The zero-order chi connectivity index (χ0) is 21.6. The predicted octanol–water partition coefficient (Wildman–Crippen LogP) is 3.37. The standard InChI is InChI=1S/C20H31N3O5S/c1-4-5-6-7-8-9-14-23(20(25)21-2)19(24)18(15-22-29(26)27)16-10-12-17(28-3)13-11-16/h10-13,18H,4-9,14-15H2,1-3H3,(H,21,25). The molecule has 0 bridgehead atoms. The molecule has 0 spiro atoms. The highest BCUT2D eigenvalue weighted by molar-refractivity contribution is 7.61. The molecule has 1 rings (SSSR count). The lowest BCUT2D eigenvalue weighted by molar-refractivity contribution is -0.129. The molecule has 0 saturated heterocycles. The van der Waals surface area contributed by atoms with Gasteiger partial charge in [0.25, 0.3) is 0 Å². The molecular formula is C20H31N3O5S. The summed E-state index contributed by atoms with van der Waals surface area (Å²) in [7, 11) is 0.351. The molecule has 1 N–H and O–H groups in total. The minimum absolute atomic E-state index is 0.259. The van der Waals surface area contributed by atoms with Gasteiger partial charge in [0.05, 0.1) is 19.6 Å². The first kappa shape index (κ1) is 24.6. The molecule has 0 radical (unpaired) electrons. The lowest BCUT2D eigenvalue weighted by Gasteiger charge is -2.25. The first-order valence-corrected chi connectivity index (χ1v) is 10.9. The van der Waals surface area contributed by atoms with E-state index in [1.807, 2.05) is 0 Å². The van der Waals surface area contributed by atoms with Gasteiger partial charge < -0.3 is 10.1 Å². The van der Waals surface area contributed by atoms with Gasteiger partial charge >= 0.3 is 16.5 Å². The maximum absolute atomic E-state index is 13.2. The van der Waals surface area contributed by atoms with Crippen molar-refractivity contribution in [2.75, 3.05) is 27.2 Å². The maximum atomic E-state index is 13.2. The molecule has 29 heavy (non-hydrogen) atoms. The Bertz CT molecular complexity index is 770. The summed E-state index contributed by atoms with van der Waals surface area (Å²) in [5.74, 6) is -0.743. The molecular weight excluding hydrogens is 394 g/mol. The highest BCUT2D eigenvalue weighted by Crippen LogP contribution is 2.23. The molecule has 0 saturated carbocycles. The molecule has 3 amide bonds. The van der Waals surface area contributed by atoms with Gasteiger partial charge in [0.15, 0.2) is 0 Å². The van der Waals surface area contributed by atoms with Gasteiger partial charge in [-0.25, -0.2) is 4.79 Å². The third kappa shape index (κ3) is 8.64. The number of rotatable bonds is 12. The van der Waals surface area contributed by atoms with Crippen molar-refractivity contribution in [2.45, 2.75) is 51.4 Å². The quantitative estimate of drug-likeness (QED) is 0.517. The number of imide groups is 1. The van der Waals surface area contributed by atoms with E-state index in [4.69, 9.17) is 4.74 Å². The molecule has 9 heteroatoms. The van der Waals surface area contributed by atoms with Gasteiger partial charge in [-0.1, -0.05) is 51.2 Å². The maximum Gasteiger partial charge on any atom is 0.323 e. The van der Waals surface area contributed by atoms with Crippen LogP contribution in [0.4, 0.5) is 4.79 Å². The minimum Gasteiger partial charge on any atom is -0.497 e. The van der Waals surface area contributed by atoms with Crippen molar-refractivity contribution in [1.29, 1.82) is 0 Å². The molecule has 1 aromatic rings.